The van der Waals surface area contributed by atoms with Crippen molar-refractivity contribution in [3.05, 3.63) is 102 Å². The number of nitrogens with zero attached hydrogens (tertiary/aromatic N) is 3. The lowest BCUT2D eigenvalue weighted by Gasteiger charge is -2.21. The predicted molar refractivity (Wildman–Crippen MR) is 146 cm³/mol. The molecule has 6 rings (SSSR count). The zero-order valence-electron chi connectivity index (χ0n) is 20.5. The molecule has 0 unspecified atom stereocenters. The van der Waals surface area contributed by atoms with Crippen molar-refractivity contribution in [1.29, 1.82) is 0 Å². The molecule has 2 N–H and O–H groups in total. The van der Waals surface area contributed by atoms with Crippen LogP contribution in [0.25, 0.3) is 33.9 Å². The number of nitrogens with one attached hydrogen (secondary N) is 1. The second-order valence-corrected chi connectivity index (χ2v) is 10.7. The van der Waals surface area contributed by atoms with E-state index in [0.29, 0.717) is 45.7 Å². The molecule has 3 heterocycles. The van der Waals surface area contributed by atoms with Gasteiger partial charge < -0.3 is 9.52 Å². The maximum absolute atomic E-state index is 12.7. The number of carboxylic acid groups (broad SMARTS) is 1. The van der Waals surface area contributed by atoms with E-state index >= 15 is 0 Å². The third-order valence-electron chi connectivity index (χ3n) is 6.57. The summed E-state index contributed by atoms with van der Waals surface area (Å²) in [4.78, 5) is 24.8. The standard InChI is InChI=1S/C29H22N4O5S/c34-28(35)26-22-6-1-2-8-24(22)32-27-19(5-3-7-23(26)27)17-20-11-14-25(38-20)18-9-12-21(13-10-18)39(36,37)33-29-30-15-4-16-31-29/h1-2,4,6,8-17H,3,5,7H2,(H,34,35)(H,30,31,33). The number of para-hydroxylation sites is 1. The highest BCUT2D eigenvalue weighted by Crippen LogP contribution is 2.36. The number of aromatic carboxylic acids is 1. The Balaban J connectivity index is 1.29. The van der Waals surface area contributed by atoms with Crippen molar-refractivity contribution in [2.24, 2.45) is 0 Å². The van der Waals surface area contributed by atoms with E-state index in [1.54, 1.807) is 24.3 Å². The summed E-state index contributed by atoms with van der Waals surface area (Å²) in [5.74, 6) is 0.203. The minimum absolute atomic E-state index is 0.00691. The van der Waals surface area contributed by atoms with Crippen molar-refractivity contribution >= 4 is 44.5 Å². The molecule has 3 aromatic heterocycles. The van der Waals surface area contributed by atoms with Crippen LogP contribution in [0.2, 0.25) is 0 Å². The van der Waals surface area contributed by atoms with Crippen LogP contribution in [0.4, 0.5) is 5.95 Å². The molecule has 194 valence electrons. The number of furan rings is 1. The van der Waals surface area contributed by atoms with Gasteiger partial charge in [0, 0.05) is 23.3 Å². The molecule has 2 aromatic carbocycles. The summed E-state index contributed by atoms with van der Waals surface area (Å²) in [6, 6.07) is 18.8. The molecular weight excluding hydrogens is 516 g/mol. The Labute approximate surface area is 223 Å². The van der Waals surface area contributed by atoms with E-state index in [2.05, 4.69) is 14.7 Å². The molecule has 9 nitrogen and oxygen atoms in total. The molecule has 10 heteroatoms. The average Bonchev–Trinajstić information content (AvgIpc) is 3.41. The maximum Gasteiger partial charge on any atom is 0.336 e. The first kappa shape index (κ1) is 24.5. The van der Waals surface area contributed by atoms with Crippen molar-refractivity contribution in [2.45, 2.75) is 24.2 Å². The summed E-state index contributed by atoms with van der Waals surface area (Å²) in [5, 5.41) is 10.6. The van der Waals surface area contributed by atoms with Crippen LogP contribution in [0, 0.1) is 0 Å². The molecule has 1 aliphatic rings. The van der Waals surface area contributed by atoms with Gasteiger partial charge >= 0.3 is 5.97 Å². The van der Waals surface area contributed by atoms with Gasteiger partial charge in [0.2, 0.25) is 5.95 Å². The Morgan fingerprint density at radius 1 is 0.949 bits per heavy atom. The van der Waals surface area contributed by atoms with E-state index in [0.717, 1.165) is 24.0 Å². The molecule has 0 amide bonds. The van der Waals surface area contributed by atoms with Gasteiger partial charge in [0.1, 0.15) is 11.5 Å². The smallest absolute Gasteiger partial charge is 0.336 e. The fraction of sp³-hybridized carbons (Fsp3) is 0.103. The van der Waals surface area contributed by atoms with Gasteiger partial charge in [0.25, 0.3) is 10.0 Å². The number of carbonyl (C=O) groups is 1. The Morgan fingerprint density at radius 2 is 1.72 bits per heavy atom. The maximum atomic E-state index is 12.7. The highest BCUT2D eigenvalue weighted by atomic mass is 32.2. The van der Waals surface area contributed by atoms with Crippen LogP contribution in [0.3, 0.4) is 0 Å². The molecule has 39 heavy (non-hydrogen) atoms. The van der Waals surface area contributed by atoms with Gasteiger partial charge in [-0.25, -0.2) is 32.9 Å². The number of hydrogen-bond acceptors (Lipinski definition) is 7. The topological polar surface area (TPSA) is 135 Å². The molecule has 0 saturated carbocycles. The minimum atomic E-state index is -3.84. The number of rotatable bonds is 6. The first-order chi connectivity index (χ1) is 18.9. The van der Waals surface area contributed by atoms with Crippen LogP contribution < -0.4 is 4.72 Å². The van der Waals surface area contributed by atoms with Crippen LogP contribution in [-0.2, 0) is 16.4 Å². The Kier molecular flexibility index (Phi) is 6.16. The van der Waals surface area contributed by atoms with E-state index in [1.165, 1.54) is 24.5 Å². The van der Waals surface area contributed by atoms with E-state index < -0.39 is 16.0 Å². The van der Waals surface area contributed by atoms with E-state index in [1.807, 2.05) is 36.4 Å². The number of pyridine rings is 1. The number of anilines is 1. The number of sulfonamides is 1. The number of hydrogen-bond donors (Lipinski definition) is 2. The lowest BCUT2D eigenvalue weighted by Crippen LogP contribution is -2.14. The summed E-state index contributed by atoms with van der Waals surface area (Å²) >= 11 is 0. The van der Waals surface area contributed by atoms with E-state index in [9.17, 15) is 18.3 Å². The third-order valence-corrected chi connectivity index (χ3v) is 7.91. The Hall–Kier alpha value is -4.83. The highest BCUT2D eigenvalue weighted by molar-refractivity contribution is 7.92. The average molecular weight is 539 g/mol. The number of carboxylic acids is 1. The fourth-order valence-corrected chi connectivity index (χ4v) is 5.76. The summed E-state index contributed by atoms with van der Waals surface area (Å²) in [6.07, 6.45) is 7.01. The second-order valence-electron chi connectivity index (χ2n) is 9.06. The minimum Gasteiger partial charge on any atom is -0.478 e. The lowest BCUT2D eigenvalue weighted by atomic mass is 9.86. The van der Waals surface area contributed by atoms with Crippen molar-refractivity contribution < 1.29 is 22.7 Å². The van der Waals surface area contributed by atoms with Crippen LogP contribution in [0.15, 0.2) is 88.4 Å². The van der Waals surface area contributed by atoms with Crippen molar-refractivity contribution in [3.8, 4) is 11.3 Å². The summed E-state index contributed by atoms with van der Waals surface area (Å²) in [6.45, 7) is 0. The molecule has 5 aromatic rings. The van der Waals surface area contributed by atoms with Crippen LogP contribution in [0.1, 0.15) is 40.2 Å². The van der Waals surface area contributed by atoms with Gasteiger partial charge in [0.15, 0.2) is 0 Å². The molecule has 0 spiro atoms. The van der Waals surface area contributed by atoms with Gasteiger partial charge in [0.05, 0.1) is 21.7 Å². The molecule has 0 saturated heterocycles. The normalized spacial score (nSPS) is 14.3. The summed E-state index contributed by atoms with van der Waals surface area (Å²) in [5.41, 5.74) is 4.02. The summed E-state index contributed by atoms with van der Waals surface area (Å²) < 4.78 is 33.7. The van der Waals surface area contributed by atoms with Gasteiger partial charge in [-0.15, -0.1) is 0 Å². The number of benzene rings is 2. The number of fused-ring (bicyclic) bond motifs is 2. The molecule has 0 radical (unpaired) electrons. The largest absolute Gasteiger partial charge is 0.478 e. The molecule has 1 aliphatic carbocycles. The monoisotopic (exact) mass is 538 g/mol. The predicted octanol–water partition coefficient (Wildman–Crippen LogP) is 5.66. The summed E-state index contributed by atoms with van der Waals surface area (Å²) in [7, 11) is -3.84. The molecule has 0 aliphatic heterocycles. The zero-order chi connectivity index (χ0) is 27.0. The fourth-order valence-electron chi connectivity index (χ4n) is 4.81. The Morgan fingerprint density at radius 3 is 2.49 bits per heavy atom. The Bertz CT molecular complexity index is 1850. The van der Waals surface area contributed by atoms with Crippen LogP contribution in [-0.4, -0.2) is 34.4 Å². The zero-order valence-corrected chi connectivity index (χ0v) is 21.4. The molecule has 0 atom stereocenters. The van der Waals surface area contributed by atoms with Crippen molar-refractivity contribution in [3.63, 3.8) is 0 Å². The van der Waals surface area contributed by atoms with Gasteiger partial charge in [-0.2, -0.15) is 0 Å². The van der Waals surface area contributed by atoms with Crippen molar-refractivity contribution in [2.75, 3.05) is 4.72 Å². The molecular formula is C29H22N4O5S. The van der Waals surface area contributed by atoms with E-state index in [4.69, 9.17) is 9.40 Å². The SMILES string of the molecule is O=C(O)c1c2c(nc3ccccc13)C(=Cc1ccc(-c3ccc(S(=O)(=O)Nc4ncccn4)cc3)o1)CCC2. The van der Waals surface area contributed by atoms with Crippen molar-refractivity contribution in [1.82, 2.24) is 15.0 Å². The van der Waals surface area contributed by atoms with Crippen LogP contribution >= 0.6 is 0 Å². The second kappa shape index (κ2) is 9.80. The van der Waals surface area contributed by atoms with Gasteiger partial charge in [-0.3, -0.25) is 0 Å². The lowest BCUT2D eigenvalue weighted by molar-refractivity contribution is 0.0697. The van der Waals surface area contributed by atoms with E-state index in [-0.39, 0.29) is 10.8 Å². The number of aromatic nitrogens is 3. The first-order valence-corrected chi connectivity index (χ1v) is 13.7. The third kappa shape index (κ3) is 4.77. The molecule has 0 bridgehead atoms. The molecule has 0 fully saturated rings. The van der Waals surface area contributed by atoms with Crippen LogP contribution in [0.5, 0.6) is 0 Å². The quantitative estimate of drug-likeness (QED) is 0.283. The van der Waals surface area contributed by atoms with Gasteiger partial charge in [-0.1, -0.05) is 18.2 Å². The van der Waals surface area contributed by atoms with Gasteiger partial charge in [-0.05, 0) is 85.0 Å². The highest BCUT2D eigenvalue weighted by Gasteiger charge is 2.25. The first-order valence-electron chi connectivity index (χ1n) is 12.2. The number of allylic oxidation sites excluding steroid dienone is 1.